The summed E-state index contributed by atoms with van der Waals surface area (Å²) in [6, 6.07) is 2.28. The fraction of sp³-hybridized carbons (Fsp3) is 0.300. The van der Waals surface area contributed by atoms with Crippen LogP contribution in [-0.4, -0.2) is 25.0 Å². The standard InChI is InChI=1S/C10H10ClF3N2O/c1-16(2)9(17)15-8-4-3-6(5-7(8)11)10(12,13)14/h3-5H,1-2H3,(H,15,17). The van der Waals surface area contributed by atoms with E-state index in [0.717, 1.165) is 18.2 Å². The molecule has 1 N–H and O–H groups in total. The molecule has 0 aliphatic carbocycles. The topological polar surface area (TPSA) is 32.3 Å². The first-order valence-electron chi connectivity index (χ1n) is 4.57. The maximum absolute atomic E-state index is 12.3. The Kier molecular flexibility index (Phi) is 3.87. The summed E-state index contributed by atoms with van der Waals surface area (Å²) in [6.45, 7) is 0. The fourth-order valence-corrected chi connectivity index (χ4v) is 1.25. The second-order valence-electron chi connectivity index (χ2n) is 3.52. The van der Waals surface area contributed by atoms with Gasteiger partial charge in [0.25, 0.3) is 0 Å². The number of hydrogen-bond donors (Lipinski definition) is 1. The van der Waals surface area contributed by atoms with Gasteiger partial charge in [-0.1, -0.05) is 11.6 Å². The number of carbonyl (C=O) groups excluding carboxylic acids is 1. The largest absolute Gasteiger partial charge is 0.416 e. The monoisotopic (exact) mass is 266 g/mol. The quantitative estimate of drug-likeness (QED) is 0.830. The zero-order valence-electron chi connectivity index (χ0n) is 9.10. The van der Waals surface area contributed by atoms with Crippen molar-refractivity contribution < 1.29 is 18.0 Å². The summed E-state index contributed by atoms with van der Waals surface area (Å²) in [5.74, 6) is 0. The van der Waals surface area contributed by atoms with Crippen molar-refractivity contribution in [2.75, 3.05) is 19.4 Å². The SMILES string of the molecule is CN(C)C(=O)Nc1ccc(C(F)(F)F)cc1Cl. The molecule has 0 saturated heterocycles. The molecule has 0 saturated carbocycles. The van der Waals surface area contributed by atoms with E-state index in [4.69, 9.17) is 11.6 Å². The molecule has 7 heteroatoms. The molecule has 1 rings (SSSR count). The number of benzene rings is 1. The summed E-state index contributed by atoms with van der Waals surface area (Å²) in [4.78, 5) is 12.5. The summed E-state index contributed by atoms with van der Waals surface area (Å²) in [5.41, 5.74) is -0.719. The van der Waals surface area contributed by atoms with Gasteiger partial charge in [-0.15, -0.1) is 0 Å². The van der Waals surface area contributed by atoms with E-state index in [1.54, 1.807) is 0 Å². The minimum absolute atomic E-state index is 0.137. The fourth-order valence-electron chi connectivity index (χ4n) is 1.02. The van der Waals surface area contributed by atoms with Crippen LogP contribution in [0.2, 0.25) is 5.02 Å². The van der Waals surface area contributed by atoms with Crippen LogP contribution in [0.3, 0.4) is 0 Å². The molecule has 3 nitrogen and oxygen atoms in total. The molecule has 0 fully saturated rings. The first-order valence-corrected chi connectivity index (χ1v) is 4.94. The van der Waals surface area contributed by atoms with Crippen LogP contribution in [0.1, 0.15) is 5.56 Å². The molecule has 0 aliphatic heterocycles. The molecule has 0 atom stereocenters. The maximum Gasteiger partial charge on any atom is 0.416 e. The molecule has 0 bridgehead atoms. The maximum atomic E-state index is 12.3. The minimum atomic E-state index is -4.45. The van der Waals surface area contributed by atoms with Crippen LogP contribution in [0, 0.1) is 0 Å². The summed E-state index contributed by atoms with van der Waals surface area (Å²) in [5, 5.41) is 2.22. The number of nitrogens with one attached hydrogen (secondary N) is 1. The summed E-state index contributed by atoms with van der Waals surface area (Å²) in [6.07, 6.45) is -4.45. The van der Waals surface area contributed by atoms with Crippen LogP contribution in [0.25, 0.3) is 0 Å². The second kappa shape index (κ2) is 4.83. The lowest BCUT2D eigenvalue weighted by molar-refractivity contribution is -0.137. The molecule has 17 heavy (non-hydrogen) atoms. The Labute approximate surface area is 101 Å². The Morgan fingerprint density at radius 3 is 2.35 bits per heavy atom. The number of carbonyl (C=O) groups is 1. The average molecular weight is 267 g/mol. The van der Waals surface area contributed by atoms with E-state index >= 15 is 0 Å². The van der Waals surface area contributed by atoms with Crippen LogP contribution in [0.5, 0.6) is 0 Å². The third kappa shape index (κ3) is 3.52. The van der Waals surface area contributed by atoms with Gasteiger partial charge >= 0.3 is 12.2 Å². The number of hydrogen-bond acceptors (Lipinski definition) is 1. The molecule has 2 amide bonds. The number of nitrogens with zero attached hydrogens (tertiary/aromatic N) is 1. The molecule has 1 aromatic rings. The van der Waals surface area contributed by atoms with Crippen LogP contribution < -0.4 is 5.32 Å². The van der Waals surface area contributed by atoms with Crippen LogP contribution in [-0.2, 0) is 6.18 Å². The molecule has 0 aliphatic rings. The lowest BCUT2D eigenvalue weighted by Gasteiger charge is -2.14. The lowest BCUT2D eigenvalue weighted by atomic mass is 10.2. The number of halogens is 4. The van der Waals surface area contributed by atoms with Gasteiger partial charge in [0.1, 0.15) is 0 Å². The highest BCUT2D eigenvalue weighted by Crippen LogP contribution is 2.33. The predicted octanol–water partition coefficient (Wildman–Crippen LogP) is 3.45. The summed E-state index contributed by atoms with van der Waals surface area (Å²) >= 11 is 5.65. The van der Waals surface area contributed by atoms with Gasteiger partial charge in [-0.2, -0.15) is 13.2 Å². The van der Waals surface area contributed by atoms with Crippen molar-refractivity contribution in [1.82, 2.24) is 4.90 Å². The lowest BCUT2D eigenvalue weighted by Crippen LogP contribution is -2.27. The molecule has 0 unspecified atom stereocenters. The van der Waals surface area contributed by atoms with Crippen LogP contribution in [0.15, 0.2) is 18.2 Å². The highest BCUT2D eigenvalue weighted by Gasteiger charge is 2.30. The molecular weight excluding hydrogens is 257 g/mol. The molecule has 1 aromatic carbocycles. The van der Waals surface area contributed by atoms with Crippen LogP contribution in [0.4, 0.5) is 23.7 Å². The third-order valence-electron chi connectivity index (χ3n) is 1.94. The number of rotatable bonds is 1. The third-order valence-corrected chi connectivity index (χ3v) is 2.26. The Hall–Kier alpha value is -1.43. The van der Waals surface area contributed by atoms with E-state index in [9.17, 15) is 18.0 Å². The number of anilines is 1. The Morgan fingerprint density at radius 1 is 1.35 bits per heavy atom. The number of amides is 2. The average Bonchev–Trinajstić information content (AvgIpc) is 2.19. The summed E-state index contributed by atoms with van der Waals surface area (Å²) < 4.78 is 37.0. The highest BCUT2D eigenvalue weighted by molar-refractivity contribution is 6.33. The zero-order valence-corrected chi connectivity index (χ0v) is 9.86. The van der Waals surface area contributed by atoms with Gasteiger partial charge in [-0.3, -0.25) is 0 Å². The Bertz CT molecular complexity index is 432. The van der Waals surface area contributed by atoms with Gasteiger partial charge in [-0.25, -0.2) is 4.79 Å². The smallest absolute Gasteiger partial charge is 0.331 e. The molecule has 0 aromatic heterocycles. The highest BCUT2D eigenvalue weighted by atomic mass is 35.5. The van der Waals surface area contributed by atoms with Crippen molar-refractivity contribution in [3.63, 3.8) is 0 Å². The van der Waals surface area contributed by atoms with E-state index in [1.807, 2.05) is 0 Å². The van der Waals surface area contributed by atoms with E-state index in [2.05, 4.69) is 5.32 Å². The first-order chi connectivity index (χ1) is 7.71. The van der Waals surface area contributed by atoms with Crippen molar-refractivity contribution >= 4 is 23.3 Å². The van der Waals surface area contributed by atoms with Crippen molar-refractivity contribution in [3.05, 3.63) is 28.8 Å². The van der Waals surface area contributed by atoms with Crippen LogP contribution >= 0.6 is 11.6 Å². The molecule has 0 spiro atoms. The Balaban J connectivity index is 2.95. The van der Waals surface area contributed by atoms with Crippen molar-refractivity contribution in [2.24, 2.45) is 0 Å². The van der Waals surface area contributed by atoms with Crippen molar-refractivity contribution in [2.45, 2.75) is 6.18 Å². The van der Waals surface area contributed by atoms with Gasteiger partial charge in [0.2, 0.25) is 0 Å². The molecule has 0 radical (unpaired) electrons. The van der Waals surface area contributed by atoms with Crippen molar-refractivity contribution in [3.8, 4) is 0 Å². The first kappa shape index (κ1) is 13.6. The van der Waals surface area contributed by atoms with E-state index in [0.29, 0.717) is 0 Å². The summed E-state index contributed by atoms with van der Waals surface area (Å²) in [7, 11) is 3.01. The zero-order chi connectivity index (χ0) is 13.2. The Morgan fingerprint density at radius 2 is 1.94 bits per heavy atom. The van der Waals surface area contributed by atoms with Crippen molar-refractivity contribution in [1.29, 1.82) is 0 Å². The number of urea groups is 1. The number of alkyl halides is 3. The van der Waals surface area contributed by atoms with Gasteiger partial charge < -0.3 is 10.2 Å². The van der Waals surface area contributed by atoms with Gasteiger partial charge in [0.05, 0.1) is 16.3 Å². The van der Waals surface area contributed by atoms with Gasteiger partial charge in [-0.05, 0) is 18.2 Å². The van der Waals surface area contributed by atoms with E-state index in [1.165, 1.54) is 19.0 Å². The normalized spacial score (nSPS) is 11.2. The van der Waals surface area contributed by atoms with Gasteiger partial charge in [0.15, 0.2) is 0 Å². The van der Waals surface area contributed by atoms with E-state index in [-0.39, 0.29) is 10.7 Å². The molecule has 94 valence electrons. The minimum Gasteiger partial charge on any atom is -0.331 e. The second-order valence-corrected chi connectivity index (χ2v) is 3.92. The molecule has 0 heterocycles. The van der Waals surface area contributed by atoms with Gasteiger partial charge in [0, 0.05) is 14.1 Å². The predicted molar refractivity (Wildman–Crippen MR) is 59.2 cm³/mol. The molecular formula is C10H10ClF3N2O. The van der Waals surface area contributed by atoms with E-state index < -0.39 is 17.8 Å².